The highest BCUT2D eigenvalue weighted by Gasteiger charge is 2.38. The summed E-state index contributed by atoms with van der Waals surface area (Å²) in [5.41, 5.74) is 2.62. The van der Waals surface area contributed by atoms with Crippen molar-refractivity contribution in [1.82, 2.24) is 10.2 Å². The molecule has 162 valence electrons. The third-order valence-electron chi connectivity index (χ3n) is 4.94. The second-order valence-electron chi connectivity index (χ2n) is 7.42. The molecule has 0 radical (unpaired) electrons. The van der Waals surface area contributed by atoms with Crippen LogP contribution in [0.25, 0.3) is 0 Å². The molecular formula is C21H22N4O4S2. The van der Waals surface area contributed by atoms with Crippen LogP contribution in [0.3, 0.4) is 0 Å². The van der Waals surface area contributed by atoms with Crippen molar-refractivity contribution in [3.05, 3.63) is 59.7 Å². The fraction of sp³-hybridized carbons (Fsp3) is 0.286. The van der Waals surface area contributed by atoms with E-state index >= 15 is 0 Å². The molecular weight excluding hydrogens is 436 g/mol. The Hall–Kier alpha value is -2.98. The van der Waals surface area contributed by atoms with Gasteiger partial charge >= 0.3 is 0 Å². The summed E-state index contributed by atoms with van der Waals surface area (Å²) in [5.74, 6) is 0.113. The first-order chi connectivity index (χ1) is 14.8. The molecule has 10 heteroatoms. The van der Waals surface area contributed by atoms with Crippen LogP contribution in [0.4, 0.5) is 10.8 Å². The summed E-state index contributed by atoms with van der Waals surface area (Å²) in [4.78, 5) is 12.4. The number of sulfonamides is 1. The molecule has 31 heavy (non-hydrogen) atoms. The molecule has 4 rings (SSSR count). The molecule has 1 aliphatic heterocycles. The SMILES string of the molecule is Cc1ccc2c(c1)N(S(=O)(=O)c1nnc(NC(=O)[C@H](C)Oc3ccccc3)s1)[C@@H](C)C2. The van der Waals surface area contributed by atoms with Crippen LogP contribution in [0.5, 0.6) is 5.75 Å². The van der Waals surface area contributed by atoms with Crippen LogP contribution in [0.15, 0.2) is 52.9 Å². The van der Waals surface area contributed by atoms with Crippen molar-refractivity contribution in [2.45, 2.75) is 43.7 Å². The number of hydrogen-bond acceptors (Lipinski definition) is 7. The van der Waals surface area contributed by atoms with Gasteiger partial charge in [-0.1, -0.05) is 41.7 Å². The Bertz CT molecular complexity index is 1210. The van der Waals surface area contributed by atoms with Crippen molar-refractivity contribution in [2.75, 3.05) is 9.62 Å². The van der Waals surface area contributed by atoms with Crippen LogP contribution in [0, 0.1) is 6.92 Å². The molecule has 0 unspecified atom stereocenters. The Morgan fingerprint density at radius 1 is 1.23 bits per heavy atom. The predicted octanol–water partition coefficient (Wildman–Crippen LogP) is 3.39. The van der Waals surface area contributed by atoms with Gasteiger partial charge in [0.1, 0.15) is 5.75 Å². The standard InChI is InChI=1S/C21H22N4O4S2/c1-13-9-10-16-12-14(2)25(18(16)11-13)31(27,28)21-24-23-20(30-21)22-19(26)15(3)29-17-7-5-4-6-8-17/h4-11,14-15H,12H2,1-3H3,(H,22,23,26)/t14-,15-/m0/s1. The maximum Gasteiger partial charge on any atom is 0.293 e. The fourth-order valence-corrected chi connectivity index (χ4v) is 6.14. The average molecular weight is 459 g/mol. The summed E-state index contributed by atoms with van der Waals surface area (Å²) < 4.78 is 33.4. The van der Waals surface area contributed by atoms with Gasteiger partial charge in [0.2, 0.25) is 5.13 Å². The largest absolute Gasteiger partial charge is 0.481 e. The number of nitrogens with one attached hydrogen (secondary N) is 1. The number of aromatic nitrogens is 2. The maximum atomic E-state index is 13.3. The third kappa shape index (κ3) is 4.26. The molecule has 0 fully saturated rings. The van der Waals surface area contributed by atoms with E-state index in [0.29, 0.717) is 17.9 Å². The minimum atomic E-state index is -3.91. The zero-order valence-corrected chi connectivity index (χ0v) is 18.9. The second kappa shape index (κ2) is 8.27. The zero-order chi connectivity index (χ0) is 22.2. The monoisotopic (exact) mass is 458 g/mol. The number of benzene rings is 2. The molecule has 1 N–H and O–H groups in total. The number of aryl methyl sites for hydroxylation is 1. The number of hydrogen-bond donors (Lipinski definition) is 1. The van der Waals surface area contributed by atoms with Crippen molar-refractivity contribution < 1.29 is 17.9 Å². The van der Waals surface area contributed by atoms with Gasteiger partial charge in [-0.25, -0.2) is 0 Å². The molecule has 2 heterocycles. The van der Waals surface area contributed by atoms with E-state index in [-0.39, 0.29) is 15.5 Å². The van der Waals surface area contributed by atoms with Gasteiger partial charge in [0.15, 0.2) is 6.10 Å². The minimum absolute atomic E-state index is 0.100. The maximum absolute atomic E-state index is 13.3. The normalized spacial score (nSPS) is 16.6. The number of ether oxygens (including phenoxy) is 1. The minimum Gasteiger partial charge on any atom is -0.481 e. The van der Waals surface area contributed by atoms with Crippen molar-refractivity contribution >= 4 is 38.1 Å². The summed E-state index contributed by atoms with van der Waals surface area (Å²) >= 11 is 0.820. The van der Waals surface area contributed by atoms with Crippen LogP contribution < -0.4 is 14.4 Å². The number of rotatable bonds is 6. The van der Waals surface area contributed by atoms with E-state index in [2.05, 4.69) is 15.5 Å². The van der Waals surface area contributed by atoms with E-state index in [9.17, 15) is 13.2 Å². The van der Waals surface area contributed by atoms with E-state index in [1.165, 1.54) is 4.31 Å². The average Bonchev–Trinajstić information content (AvgIpc) is 3.32. The summed E-state index contributed by atoms with van der Waals surface area (Å²) in [6, 6.07) is 14.5. The highest BCUT2D eigenvalue weighted by Crippen LogP contribution is 2.38. The van der Waals surface area contributed by atoms with Crippen molar-refractivity contribution in [3.63, 3.8) is 0 Å². The van der Waals surface area contributed by atoms with Crippen molar-refractivity contribution in [3.8, 4) is 5.75 Å². The summed E-state index contributed by atoms with van der Waals surface area (Å²) in [6.45, 7) is 5.39. The molecule has 8 nitrogen and oxygen atoms in total. The number of para-hydroxylation sites is 1. The Balaban J connectivity index is 1.51. The Morgan fingerprint density at radius 3 is 2.71 bits per heavy atom. The first-order valence-electron chi connectivity index (χ1n) is 9.76. The molecule has 0 saturated carbocycles. The number of amides is 1. The van der Waals surface area contributed by atoms with Gasteiger partial charge < -0.3 is 4.74 Å². The van der Waals surface area contributed by atoms with Crippen LogP contribution >= 0.6 is 11.3 Å². The van der Waals surface area contributed by atoms with Gasteiger partial charge in [-0.15, -0.1) is 10.2 Å². The third-order valence-corrected chi connectivity index (χ3v) is 8.05. The molecule has 1 amide bonds. The van der Waals surface area contributed by atoms with Crippen LogP contribution in [0.1, 0.15) is 25.0 Å². The molecule has 3 aromatic rings. The van der Waals surface area contributed by atoms with Crippen LogP contribution in [-0.4, -0.2) is 36.7 Å². The number of carbonyl (C=O) groups excluding carboxylic acids is 1. The fourth-order valence-electron chi connectivity index (χ4n) is 3.47. The number of anilines is 2. The van der Waals surface area contributed by atoms with Crippen molar-refractivity contribution in [2.24, 2.45) is 0 Å². The molecule has 0 bridgehead atoms. The van der Waals surface area contributed by atoms with E-state index in [1.54, 1.807) is 31.2 Å². The highest BCUT2D eigenvalue weighted by molar-refractivity contribution is 7.94. The molecule has 0 spiro atoms. The quantitative estimate of drug-likeness (QED) is 0.568. The zero-order valence-electron chi connectivity index (χ0n) is 17.3. The highest BCUT2D eigenvalue weighted by atomic mass is 32.2. The molecule has 2 atom stereocenters. The summed E-state index contributed by atoms with van der Waals surface area (Å²) in [6.07, 6.45) is -0.161. The van der Waals surface area contributed by atoms with Crippen LogP contribution in [-0.2, 0) is 21.2 Å². The van der Waals surface area contributed by atoms with Gasteiger partial charge in [-0.05, 0) is 56.5 Å². The molecule has 0 saturated heterocycles. The first-order valence-corrected chi connectivity index (χ1v) is 12.0. The van der Waals surface area contributed by atoms with Gasteiger partial charge in [0.05, 0.1) is 5.69 Å². The predicted molar refractivity (Wildman–Crippen MR) is 119 cm³/mol. The lowest BCUT2D eigenvalue weighted by atomic mass is 10.1. The lowest BCUT2D eigenvalue weighted by Gasteiger charge is -2.22. The summed E-state index contributed by atoms with van der Waals surface area (Å²) in [7, 11) is -3.91. The van der Waals surface area contributed by atoms with Gasteiger partial charge in [-0.3, -0.25) is 14.4 Å². The lowest BCUT2D eigenvalue weighted by Crippen LogP contribution is -2.35. The summed E-state index contributed by atoms with van der Waals surface area (Å²) in [5, 5.41) is 10.4. The topological polar surface area (TPSA) is 101 Å². The van der Waals surface area contributed by atoms with E-state index in [0.717, 1.165) is 22.5 Å². The number of fused-ring (bicyclic) bond motifs is 1. The molecule has 1 aliphatic rings. The number of nitrogens with zero attached hydrogens (tertiary/aromatic N) is 3. The van der Waals surface area contributed by atoms with Gasteiger partial charge in [0.25, 0.3) is 20.3 Å². The van der Waals surface area contributed by atoms with Crippen molar-refractivity contribution in [1.29, 1.82) is 0 Å². The molecule has 0 aliphatic carbocycles. The molecule has 2 aromatic carbocycles. The Kier molecular flexibility index (Phi) is 5.67. The first kappa shape index (κ1) is 21.3. The van der Waals surface area contributed by atoms with E-state index < -0.39 is 22.0 Å². The Morgan fingerprint density at radius 2 is 1.97 bits per heavy atom. The van der Waals surface area contributed by atoms with E-state index in [4.69, 9.17) is 4.74 Å². The smallest absolute Gasteiger partial charge is 0.293 e. The Labute approximate surface area is 184 Å². The van der Waals surface area contributed by atoms with Crippen LogP contribution in [0.2, 0.25) is 0 Å². The molecule has 1 aromatic heterocycles. The second-order valence-corrected chi connectivity index (χ2v) is 10.4. The van der Waals surface area contributed by atoms with Gasteiger partial charge in [0, 0.05) is 6.04 Å². The number of carbonyl (C=O) groups is 1. The van der Waals surface area contributed by atoms with E-state index in [1.807, 2.05) is 38.1 Å². The lowest BCUT2D eigenvalue weighted by molar-refractivity contribution is -0.122. The van der Waals surface area contributed by atoms with Gasteiger partial charge in [-0.2, -0.15) is 8.42 Å².